The smallest absolute Gasteiger partial charge is 0.0951 e. The van der Waals surface area contributed by atoms with Crippen molar-refractivity contribution < 1.29 is 9.47 Å². The summed E-state index contributed by atoms with van der Waals surface area (Å²) in [6.45, 7) is 0.934. The molecule has 3 spiro atoms. The Morgan fingerprint density at radius 3 is 1.52 bits per heavy atom. The monoisotopic (exact) mass is 368 g/mol. The molecule has 1 atom stereocenters. The molecule has 1 unspecified atom stereocenters. The Kier molecular flexibility index (Phi) is 2.79. The maximum Gasteiger partial charge on any atom is 0.0951 e. The van der Waals surface area contributed by atoms with Crippen molar-refractivity contribution in [1.29, 1.82) is 0 Å². The van der Waals surface area contributed by atoms with Crippen LogP contribution in [0.3, 0.4) is 0 Å². The minimum Gasteiger partial charge on any atom is -0.371 e. The summed E-state index contributed by atoms with van der Waals surface area (Å²) in [6, 6.07) is 0. The van der Waals surface area contributed by atoms with Crippen molar-refractivity contribution in [3.8, 4) is 0 Å². The van der Waals surface area contributed by atoms with Crippen molar-refractivity contribution >= 4 is 0 Å². The molecule has 8 saturated carbocycles. The van der Waals surface area contributed by atoms with Gasteiger partial charge in [-0.1, -0.05) is 0 Å². The maximum absolute atomic E-state index is 7.38. The van der Waals surface area contributed by atoms with Crippen molar-refractivity contribution in [3.05, 3.63) is 0 Å². The molecule has 8 bridgehead atoms. The fourth-order valence-electron chi connectivity index (χ4n) is 11.1. The van der Waals surface area contributed by atoms with Crippen LogP contribution in [-0.2, 0) is 9.47 Å². The molecule has 10 aliphatic rings. The standard InChI is InChI=1S/C25H36O2/c1-2-24(19-5-15-3-16(7-19)8-20(24)6-15)27-23(1)13-25(26-14-23)21-9-17-4-18(11-21)12-22(25)10-17/h15-22H,1-14H2. The van der Waals surface area contributed by atoms with Gasteiger partial charge in [-0.2, -0.15) is 0 Å². The Bertz CT molecular complexity index is 566. The van der Waals surface area contributed by atoms with Crippen LogP contribution in [0.4, 0.5) is 0 Å². The SMILES string of the molecule is C1C2CC3CC1CC(C2)C31CC2(CCC3(O2)C2CC4CC(C2)CC3C4)CO1. The Morgan fingerprint density at radius 1 is 0.519 bits per heavy atom. The molecule has 8 aliphatic carbocycles. The van der Waals surface area contributed by atoms with E-state index in [1.165, 1.54) is 70.6 Å². The zero-order valence-corrected chi connectivity index (χ0v) is 16.8. The van der Waals surface area contributed by atoms with Gasteiger partial charge in [-0.15, -0.1) is 0 Å². The molecule has 0 amide bonds. The van der Waals surface area contributed by atoms with E-state index in [4.69, 9.17) is 9.47 Å². The average molecular weight is 369 g/mol. The van der Waals surface area contributed by atoms with E-state index < -0.39 is 0 Å². The van der Waals surface area contributed by atoms with Crippen molar-refractivity contribution in [2.45, 2.75) is 100 Å². The first-order chi connectivity index (χ1) is 13.1. The molecule has 148 valence electrons. The molecule has 2 nitrogen and oxygen atoms in total. The topological polar surface area (TPSA) is 18.5 Å². The second kappa shape index (κ2) is 4.80. The van der Waals surface area contributed by atoms with E-state index in [9.17, 15) is 0 Å². The minimum absolute atomic E-state index is 0.102. The van der Waals surface area contributed by atoms with Crippen LogP contribution in [0.2, 0.25) is 0 Å². The Morgan fingerprint density at radius 2 is 1.00 bits per heavy atom. The van der Waals surface area contributed by atoms with Crippen LogP contribution < -0.4 is 0 Å². The highest BCUT2D eigenvalue weighted by Gasteiger charge is 2.69. The molecule has 2 heteroatoms. The highest BCUT2D eigenvalue weighted by molar-refractivity contribution is 5.18. The molecule has 0 aromatic heterocycles. The van der Waals surface area contributed by atoms with Crippen molar-refractivity contribution in [3.63, 3.8) is 0 Å². The molecule has 27 heavy (non-hydrogen) atoms. The minimum atomic E-state index is 0.102. The molecule has 10 rings (SSSR count). The molecule has 0 radical (unpaired) electrons. The van der Waals surface area contributed by atoms with Gasteiger partial charge >= 0.3 is 0 Å². The first-order valence-corrected chi connectivity index (χ1v) is 12.5. The van der Waals surface area contributed by atoms with Gasteiger partial charge in [-0.05, 0) is 124 Å². The van der Waals surface area contributed by atoms with E-state index in [2.05, 4.69) is 0 Å². The van der Waals surface area contributed by atoms with Gasteiger partial charge in [0.2, 0.25) is 0 Å². The molecule has 0 aromatic carbocycles. The number of ether oxygens (including phenoxy) is 2. The van der Waals surface area contributed by atoms with Crippen LogP contribution >= 0.6 is 0 Å². The summed E-state index contributed by atoms with van der Waals surface area (Å²) in [6.07, 6.45) is 18.9. The zero-order chi connectivity index (χ0) is 17.4. The summed E-state index contributed by atoms with van der Waals surface area (Å²) in [5.74, 6) is 7.70. The van der Waals surface area contributed by atoms with E-state index in [0.29, 0.717) is 0 Å². The number of hydrogen-bond donors (Lipinski definition) is 0. The van der Waals surface area contributed by atoms with Crippen molar-refractivity contribution in [1.82, 2.24) is 0 Å². The van der Waals surface area contributed by atoms with Gasteiger partial charge in [-0.25, -0.2) is 0 Å². The van der Waals surface area contributed by atoms with Gasteiger partial charge in [0.15, 0.2) is 0 Å². The van der Waals surface area contributed by atoms with Gasteiger partial charge < -0.3 is 9.47 Å². The third-order valence-electron chi connectivity index (χ3n) is 11.6. The van der Waals surface area contributed by atoms with E-state index >= 15 is 0 Å². The first kappa shape index (κ1) is 15.7. The molecular weight excluding hydrogens is 332 g/mol. The average Bonchev–Trinajstić information content (AvgIpc) is 3.20. The van der Waals surface area contributed by atoms with Crippen LogP contribution in [-0.4, -0.2) is 23.4 Å². The van der Waals surface area contributed by atoms with Gasteiger partial charge in [0.05, 0.1) is 23.4 Å². The van der Waals surface area contributed by atoms with Gasteiger partial charge in [0, 0.05) is 6.42 Å². The van der Waals surface area contributed by atoms with Gasteiger partial charge in [-0.3, -0.25) is 0 Å². The molecule has 2 heterocycles. The third kappa shape index (κ3) is 1.83. The lowest BCUT2D eigenvalue weighted by Gasteiger charge is -2.60. The van der Waals surface area contributed by atoms with Crippen LogP contribution in [0.25, 0.3) is 0 Å². The summed E-state index contributed by atoms with van der Waals surface area (Å²) in [5, 5.41) is 0. The maximum atomic E-state index is 7.38. The Hall–Kier alpha value is -0.0800. The zero-order valence-electron chi connectivity index (χ0n) is 16.8. The molecular formula is C25H36O2. The van der Waals surface area contributed by atoms with E-state index in [1.54, 1.807) is 12.8 Å². The lowest BCUT2D eigenvalue weighted by Crippen LogP contribution is -2.59. The third-order valence-corrected chi connectivity index (χ3v) is 11.6. The molecule has 10 fully saturated rings. The van der Waals surface area contributed by atoms with E-state index in [1.807, 2.05) is 0 Å². The lowest BCUT2D eigenvalue weighted by atomic mass is 9.49. The predicted molar refractivity (Wildman–Crippen MR) is 103 cm³/mol. The molecule has 2 aliphatic heterocycles. The fraction of sp³-hybridized carbons (Fsp3) is 1.00. The number of hydrogen-bond acceptors (Lipinski definition) is 2. The van der Waals surface area contributed by atoms with Crippen LogP contribution in [0.1, 0.15) is 83.5 Å². The van der Waals surface area contributed by atoms with E-state index in [0.717, 1.165) is 54.0 Å². The summed E-state index contributed by atoms with van der Waals surface area (Å²) < 4.78 is 14.3. The summed E-state index contributed by atoms with van der Waals surface area (Å²) >= 11 is 0. The van der Waals surface area contributed by atoms with E-state index in [-0.39, 0.29) is 16.8 Å². The van der Waals surface area contributed by atoms with Crippen LogP contribution in [0, 0.1) is 47.3 Å². The predicted octanol–water partition coefficient (Wildman–Crippen LogP) is 5.35. The van der Waals surface area contributed by atoms with Crippen LogP contribution in [0.5, 0.6) is 0 Å². The molecule has 2 saturated heterocycles. The second-order valence-electron chi connectivity index (χ2n) is 12.8. The summed E-state index contributed by atoms with van der Waals surface area (Å²) in [4.78, 5) is 0. The largest absolute Gasteiger partial charge is 0.371 e. The quantitative estimate of drug-likeness (QED) is 0.574. The fourth-order valence-corrected chi connectivity index (χ4v) is 11.1. The highest BCUT2D eigenvalue weighted by Crippen LogP contribution is 2.69. The van der Waals surface area contributed by atoms with Crippen molar-refractivity contribution in [2.24, 2.45) is 47.3 Å². The lowest BCUT2D eigenvalue weighted by molar-refractivity contribution is -0.219. The molecule has 0 aromatic rings. The summed E-state index contributed by atoms with van der Waals surface area (Å²) in [5.41, 5.74) is 0.601. The van der Waals surface area contributed by atoms with Gasteiger partial charge in [0.25, 0.3) is 0 Å². The highest BCUT2D eigenvalue weighted by atomic mass is 16.6. The Labute approximate surface area is 164 Å². The number of rotatable bonds is 0. The Balaban J connectivity index is 1.11. The van der Waals surface area contributed by atoms with Crippen molar-refractivity contribution in [2.75, 3.05) is 6.61 Å². The first-order valence-electron chi connectivity index (χ1n) is 12.5. The van der Waals surface area contributed by atoms with Gasteiger partial charge in [0.1, 0.15) is 0 Å². The van der Waals surface area contributed by atoms with Crippen LogP contribution in [0.15, 0.2) is 0 Å². The normalized spacial score (nSPS) is 67.6. The summed E-state index contributed by atoms with van der Waals surface area (Å²) in [7, 11) is 0. The second-order valence-corrected chi connectivity index (χ2v) is 12.8. The molecule has 0 N–H and O–H groups in total.